The Balaban J connectivity index is 2.44. The summed E-state index contributed by atoms with van der Waals surface area (Å²) >= 11 is 0. The zero-order valence-corrected chi connectivity index (χ0v) is 5.65. The molecule has 52 valence electrons. The summed E-state index contributed by atoms with van der Waals surface area (Å²) in [5.41, 5.74) is 1.16. The van der Waals surface area contributed by atoms with E-state index in [1.807, 2.05) is 13.0 Å². The van der Waals surface area contributed by atoms with Gasteiger partial charge in [-0.05, 0) is 6.92 Å². The lowest BCUT2D eigenvalue weighted by Gasteiger charge is -2.02. The summed E-state index contributed by atoms with van der Waals surface area (Å²) in [7, 11) is 0. The van der Waals surface area contributed by atoms with E-state index in [4.69, 9.17) is 0 Å². The molecule has 0 saturated carbocycles. The van der Waals surface area contributed by atoms with E-state index in [1.54, 1.807) is 0 Å². The van der Waals surface area contributed by atoms with Crippen molar-refractivity contribution in [3.63, 3.8) is 0 Å². The predicted octanol–water partition coefficient (Wildman–Crippen LogP) is 1.26. The maximum atomic E-state index is 12.6. The standard InChI is InChI=1S/C7H12FN/c1-6-2-3-9-5-7(8)4-6/h2,7,9H,3-5H2,1H3/t7-/m1/s1. The van der Waals surface area contributed by atoms with Crippen LogP contribution in [0.1, 0.15) is 13.3 Å². The van der Waals surface area contributed by atoms with Gasteiger partial charge in [-0.2, -0.15) is 0 Å². The molecule has 1 aliphatic heterocycles. The molecule has 0 bridgehead atoms. The van der Waals surface area contributed by atoms with Gasteiger partial charge in [0.1, 0.15) is 6.17 Å². The number of alkyl halides is 1. The molecule has 0 spiro atoms. The molecule has 0 fully saturated rings. The van der Waals surface area contributed by atoms with Gasteiger partial charge in [-0.1, -0.05) is 11.6 Å². The second-order valence-electron chi connectivity index (χ2n) is 2.51. The zero-order chi connectivity index (χ0) is 6.69. The summed E-state index contributed by atoms with van der Waals surface area (Å²) in [6.07, 6.45) is 1.97. The van der Waals surface area contributed by atoms with E-state index >= 15 is 0 Å². The Hall–Kier alpha value is -0.370. The Morgan fingerprint density at radius 1 is 1.78 bits per heavy atom. The lowest BCUT2D eigenvalue weighted by atomic mass is 10.1. The number of nitrogens with one attached hydrogen (secondary N) is 1. The zero-order valence-electron chi connectivity index (χ0n) is 5.65. The summed E-state index contributed by atoms with van der Waals surface area (Å²) in [5, 5.41) is 2.98. The minimum Gasteiger partial charge on any atom is -0.310 e. The summed E-state index contributed by atoms with van der Waals surface area (Å²) in [6, 6.07) is 0. The summed E-state index contributed by atoms with van der Waals surface area (Å²) in [6.45, 7) is 3.31. The lowest BCUT2D eigenvalue weighted by Crippen LogP contribution is -2.21. The van der Waals surface area contributed by atoms with Gasteiger partial charge < -0.3 is 5.32 Å². The SMILES string of the molecule is CC1=CCNC[C@H](F)C1. The van der Waals surface area contributed by atoms with Crippen LogP contribution in [0, 0.1) is 0 Å². The second kappa shape index (κ2) is 2.97. The van der Waals surface area contributed by atoms with Crippen molar-refractivity contribution in [3.8, 4) is 0 Å². The van der Waals surface area contributed by atoms with Gasteiger partial charge in [0.25, 0.3) is 0 Å². The highest BCUT2D eigenvalue weighted by molar-refractivity contribution is 5.03. The number of halogens is 1. The predicted molar refractivity (Wildman–Crippen MR) is 36.1 cm³/mol. The first-order valence-electron chi connectivity index (χ1n) is 3.29. The monoisotopic (exact) mass is 129 g/mol. The summed E-state index contributed by atoms with van der Waals surface area (Å²) < 4.78 is 12.6. The van der Waals surface area contributed by atoms with Crippen LogP contribution in [0.5, 0.6) is 0 Å². The smallest absolute Gasteiger partial charge is 0.116 e. The fourth-order valence-corrected chi connectivity index (χ4v) is 0.991. The van der Waals surface area contributed by atoms with E-state index < -0.39 is 6.17 Å². The van der Waals surface area contributed by atoms with Crippen LogP contribution in [-0.2, 0) is 0 Å². The van der Waals surface area contributed by atoms with Crippen molar-refractivity contribution in [3.05, 3.63) is 11.6 Å². The molecule has 0 aromatic heterocycles. The van der Waals surface area contributed by atoms with Gasteiger partial charge in [0.15, 0.2) is 0 Å². The third-order valence-electron chi connectivity index (χ3n) is 1.50. The van der Waals surface area contributed by atoms with E-state index in [1.165, 1.54) is 0 Å². The first kappa shape index (κ1) is 6.75. The number of hydrogen-bond donors (Lipinski definition) is 1. The lowest BCUT2D eigenvalue weighted by molar-refractivity contribution is 0.326. The summed E-state index contributed by atoms with van der Waals surface area (Å²) in [5.74, 6) is 0. The summed E-state index contributed by atoms with van der Waals surface area (Å²) in [4.78, 5) is 0. The fraction of sp³-hybridized carbons (Fsp3) is 0.714. The average Bonchev–Trinajstić information content (AvgIpc) is 1.93. The highest BCUT2D eigenvalue weighted by atomic mass is 19.1. The minimum absolute atomic E-state index is 0.508. The molecular weight excluding hydrogens is 117 g/mol. The molecule has 9 heavy (non-hydrogen) atoms. The third kappa shape index (κ3) is 2.14. The van der Waals surface area contributed by atoms with Gasteiger partial charge in [-0.15, -0.1) is 0 Å². The minimum atomic E-state index is -0.677. The molecule has 0 amide bonds. The molecule has 0 saturated heterocycles. The van der Waals surface area contributed by atoms with Crippen molar-refractivity contribution >= 4 is 0 Å². The fourth-order valence-electron chi connectivity index (χ4n) is 0.991. The van der Waals surface area contributed by atoms with E-state index in [9.17, 15) is 4.39 Å². The van der Waals surface area contributed by atoms with Gasteiger partial charge in [0.2, 0.25) is 0 Å². The highest BCUT2D eigenvalue weighted by Crippen LogP contribution is 2.08. The van der Waals surface area contributed by atoms with Crippen molar-refractivity contribution in [1.29, 1.82) is 0 Å². The van der Waals surface area contributed by atoms with Crippen LogP contribution in [-0.4, -0.2) is 19.3 Å². The van der Waals surface area contributed by atoms with Crippen molar-refractivity contribution in [1.82, 2.24) is 5.32 Å². The molecular formula is C7H12FN. The molecule has 1 atom stereocenters. The number of allylic oxidation sites excluding steroid dienone is 1. The Morgan fingerprint density at radius 2 is 2.56 bits per heavy atom. The van der Waals surface area contributed by atoms with Crippen molar-refractivity contribution in [2.45, 2.75) is 19.5 Å². The largest absolute Gasteiger partial charge is 0.310 e. The maximum absolute atomic E-state index is 12.6. The van der Waals surface area contributed by atoms with Crippen molar-refractivity contribution in [2.24, 2.45) is 0 Å². The maximum Gasteiger partial charge on any atom is 0.116 e. The second-order valence-corrected chi connectivity index (χ2v) is 2.51. The van der Waals surface area contributed by atoms with E-state index in [2.05, 4.69) is 5.32 Å². The van der Waals surface area contributed by atoms with E-state index in [-0.39, 0.29) is 0 Å². The van der Waals surface area contributed by atoms with Crippen LogP contribution in [0.25, 0.3) is 0 Å². The van der Waals surface area contributed by atoms with Gasteiger partial charge in [0.05, 0.1) is 0 Å². The molecule has 0 aromatic rings. The Morgan fingerprint density at radius 3 is 3.33 bits per heavy atom. The first-order chi connectivity index (χ1) is 4.29. The molecule has 0 aliphatic carbocycles. The van der Waals surface area contributed by atoms with Crippen molar-refractivity contribution in [2.75, 3.05) is 13.1 Å². The topological polar surface area (TPSA) is 12.0 Å². The third-order valence-corrected chi connectivity index (χ3v) is 1.50. The quantitative estimate of drug-likeness (QED) is 0.485. The Kier molecular flexibility index (Phi) is 2.22. The molecule has 2 heteroatoms. The van der Waals surface area contributed by atoms with Gasteiger partial charge in [-0.3, -0.25) is 0 Å². The average molecular weight is 129 g/mol. The van der Waals surface area contributed by atoms with Crippen LogP contribution in [0.4, 0.5) is 4.39 Å². The van der Waals surface area contributed by atoms with E-state index in [0.717, 1.165) is 12.1 Å². The molecule has 1 rings (SSSR count). The molecule has 1 nitrogen and oxygen atoms in total. The molecule has 0 unspecified atom stereocenters. The van der Waals surface area contributed by atoms with Crippen LogP contribution in [0.2, 0.25) is 0 Å². The molecule has 0 radical (unpaired) electrons. The Bertz CT molecular complexity index is 120. The number of rotatable bonds is 0. The van der Waals surface area contributed by atoms with Crippen molar-refractivity contribution < 1.29 is 4.39 Å². The van der Waals surface area contributed by atoms with Gasteiger partial charge in [-0.25, -0.2) is 4.39 Å². The Labute approximate surface area is 54.9 Å². The molecule has 1 heterocycles. The van der Waals surface area contributed by atoms with Crippen LogP contribution in [0.3, 0.4) is 0 Å². The first-order valence-corrected chi connectivity index (χ1v) is 3.29. The van der Waals surface area contributed by atoms with Gasteiger partial charge >= 0.3 is 0 Å². The normalized spacial score (nSPS) is 29.1. The van der Waals surface area contributed by atoms with Gasteiger partial charge in [0, 0.05) is 19.5 Å². The molecule has 1 aliphatic rings. The van der Waals surface area contributed by atoms with Crippen LogP contribution >= 0.6 is 0 Å². The van der Waals surface area contributed by atoms with E-state index in [0.29, 0.717) is 13.0 Å². The molecule has 0 aromatic carbocycles. The number of hydrogen-bond acceptors (Lipinski definition) is 1. The van der Waals surface area contributed by atoms with Crippen LogP contribution < -0.4 is 5.32 Å². The molecule has 1 N–H and O–H groups in total. The highest BCUT2D eigenvalue weighted by Gasteiger charge is 2.08. The van der Waals surface area contributed by atoms with Crippen LogP contribution in [0.15, 0.2) is 11.6 Å².